The van der Waals surface area contributed by atoms with Gasteiger partial charge in [0, 0.05) is 11.8 Å². The van der Waals surface area contributed by atoms with Gasteiger partial charge in [-0.15, -0.1) is 0 Å². The topological polar surface area (TPSA) is 76.7 Å². The van der Waals surface area contributed by atoms with E-state index in [9.17, 15) is 9.59 Å². The summed E-state index contributed by atoms with van der Waals surface area (Å²) in [6.45, 7) is 6.38. The number of aryl methyl sites for hydroxylation is 1. The smallest absolute Gasteiger partial charge is 0.331 e. The number of ether oxygens (including phenoxy) is 2. The lowest BCUT2D eigenvalue weighted by Crippen LogP contribution is -2.20. The number of carbonyl (C=O) groups excluding carboxylic acids is 2. The lowest BCUT2D eigenvalue weighted by atomic mass is 10.0. The van der Waals surface area contributed by atoms with E-state index in [0.29, 0.717) is 36.8 Å². The second kappa shape index (κ2) is 12.3. The standard InChI is InChI=1S/C28H30N2O4/c1-4-22(18-27(31)33-5-2)23-13-16-26(34-19-21-9-7-6-8-10-21)25(17-23)30-28(32)29-24-14-11-20(3)12-15-24/h6-18H,4-5,19H2,1-3H3,(H2,29,30,32). The van der Waals surface area contributed by atoms with E-state index in [1.54, 1.807) is 13.0 Å². The monoisotopic (exact) mass is 458 g/mol. The Hall–Kier alpha value is -4.06. The summed E-state index contributed by atoms with van der Waals surface area (Å²) < 4.78 is 11.1. The van der Waals surface area contributed by atoms with Crippen LogP contribution in [0.4, 0.5) is 16.2 Å². The van der Waals surface area contributed by atoms with Crippen LogP contribution < -0.4 is 15.4 Å². The van der Waals surface area contributed by atoms with E-state index in [-0.39, 0.29) is 0 Å². The Kier molecular flexibility index (Phi) is 8.86. The first-order chi connectivity index (χ1) is 16.5. The van der Waals surface area contributed by atoms with Gasteiger partial charge in [-0.2, -0.15) is 0 Å². The third-order valence-electron chi connectivity index (χ3n) is 5.10. The molecule has 2 amide bonds. The molecule has 3 aromatic carbocycles. The summed E-state index contributed by atoms with van der Waals surface area (Å²) in [6.07, 6.45) is 2.11. The lowest BCUT2D eigenvalue weighted by molar-refractivity contribution is -0.137. The Labute approximate surface area is 200 Å². The Balaban J connectivity index is 1.86. The van der Waals surface area contributed by atoms with Crippen LogP contribution in [0.25, 0.3) is 5.57 Å². The first-order valence-corrected chi connectivity index (χ1v) is 11.3. The molecule has 6 nitrogen and oxygen atoms in total. The number of rotatable bonds is 9. The fourth-order valence-electron chi connectivity index (χ4n) is 3.33. The molecule has 0 aliphatic rings. The van der Waals surface area contributed by atoms with Gasteiger partial charge in [-0.3, -0.25) is 0 Å². The van der Waals surface area contributed by atoms with E-state index in [1.807, 2.05) is 80.6 Å². The minimum atomic E-state index is -0.393. The maximum absolute atomic E-state index is 12.7. The fraction of sp³-hybridized carbons (Fsp3) is 0.214. The van der Waals surface area contributed by atoms with Crippen molar-refractivity contribution < 1.29 is 19.1 Å². The van der Waals surface area contributed by atoms with Gasteiger partial charge in [0.2, 0.25) is 0 Å². The molecule has 0 heterocycles. The van der Waals surface area contributed by atoms with Crippen molar-refractivity contribution in [3.8, 4) is 5.75 Å². The molecule has 0 saturated carbocycles. The van der Waals surface area contributed by atoms with Crippen molar-refractivity contribution in [2.45, 2.75) is 33.8 Å². The molecule has 3 aromatic rings. The number of benzene rings is 3. The quantitative estimate of drug-likeness (QED) is 0.281. The number of allylic oxidation sites excluding steroid dienone is 1. The van der Waals surface area contributed by atoms with Gasteiger partial charge < -0.3 is 20.1 Å². The summed E-state index contributed by atoms with van der Waals surface area (Å²) in [5.74, 6) is 0.133. The molecule has 176 valence electrons. The average molecular weight is 459 g/mol. The zero-order valence-electron chi connectivity index (χ0n) is 19.8. The van der Waals surface area contributed by atoms with Crippen molar-refractivity contribution in [1.29, 1.82) is 0 Å². The van der Waals surface area contributed by atoms with Crippen LogP contribution in [-0.2, 0) is 16.1 Å². The van der Waals surface area contributed by atoms with Crippen molar-refractivity contribution >= 4 is 28.9 Å². The lowest BCUT2D eigenvalue weighted by Gasteiger charge is -2.16. The minimum Gasteiger partial charge on any atom is -0.487 e. The number of nitrogens with one attached hydrogen (secondary N) is 2. The van der Waals surface area contributed by atoms with E-state index in [4.69, 9.17) is 9.47 Å². The molecule has 0 atom stereocenters. The predicted octanol–water partition coefficient (Wildman–Crippen LogP) is 6.57. The Morgan fingerprint density at radius 1 is 0.912 bits per heavy atom. The van der Waals surface area contributed by atoms with Gasteiger partial charge in [0.25, 0.3) is 0 Å². The highest BCUT2D eigenvalue weighted by Crippen LogP contribution is 2.31. The van der Waals surface area contributed by atoms with Gasteiger partial charge in [-0.25, -0.2) is 9.59 Å². The van der Waals surface area contributed by atoms with Gasteiger partial charge in [0.05, 0.1) is 12.3 Å². The summed E-state index contributed by atoms with van der Waals surface area (Å²) in [5.41, 5.74) is 4.90. The average Bonchev–Trinajstić information content (AvgIpc) is 2.84. The number of amides is 2. The number of esters is 1. The number of hydrogen-bond donors (Lipinski definition) is 2. The van der Waals surface area contributed by atoms with Crippen LogP contribution in [0.5, 0.6) is 5.75 Å². The predicted molar refractivity (Wildman–Crippen MR) is 136 cm³/mol. The van der Waals surface area contributed by atoms with Crippen LogP contribution in [-0.4, -0.2) is 18.6 Å². The van der Waals surface area contributed by atoms with Crippen LogP contribution in [0.1, 0.15) is 37.0 Å². The zero-order chi connectivity index (χ0) is 24.3. The van der Waals surface area contributed by atoms with E-state index in [2.05, 4.69) is 10.6 Å². The zero-order valence-corrected chi connectivity index (χ0v) is 19.8. The minimum absolute atomic E-state index is 0.310. The molecule has 34 heavy (non-hydrogen) atoms. The normalized spacial score (nSPS) is 11.0. The largest absolute Gasteiger partial charge is 0.487 e. The third kappa shape index (κ3) is 7.24. The van der Waals surface area contributed by atoms with Crippen molar-refractivity contribution in [3.05, 3.63) is 95.6 Å². The van der Waals surface area contributed by atoms with E-state index in [1.165, 1.54) is 6.08 Å². The molecule has 0 bridgehead atoms. The number of carbonyl (C=O) groups is 2. The summed E-state index contributed by atoms with van der Waals surface area (Å²) in [5, 5.41) is 5.73. The van der Waals surface area contributed by atoms with Crippen molar-refractivity contribution in [2.24, 2.45) is 0 Å². The molecule has 0 unspecified atom stereocenters. The first-order valence-electron chi connectivity index (χ1n) is 11.3. The Bertz CT molecular complexity index is 1140. The molecule has 2 N–H and O–H groups in total. The van der Waals surface area contributed by atoms with Gasteiger partial charge in [-0.1, -0.05) is 61.0 Å². The van der Waals surface area contributed by atoms with Gasteiger partial charge in [0.15, 0.2) is 0 Å². The second-order valence-corrected chi connectivity index (χ2v) is 7.71. The molecule has 0 aliphatic carbocycles. The van der Waals surface area contributed by atoms with Crippen molar-refractivity contribution in [2.75, 3.05) is 17.2 Å². The molecule has 3 rings (SSSR count). The molecule has 0 fully saturated rings. The highest BCUT2D eigenvalue weighted by molar-refractivity contribution is 6.01. The molecule has 0 aromatic heterocycles. The van der Waals surface area contributed by atoms with Crippen LogP contribution in [0.3, 0.4) is 0 Å². The third-order valence-corrected chi connectivity index (χ3v) is 5.10. The second-order valence-electron chi connectivity index (χ2n) is 7.71. The van der Waals surface area contributed by atoms with E-state index in [0.717, 1.165) is 22.3 Å². The maximum Gasteiger partial charge on any atom is 0.331 e. The Morgan fingerprint density at radius 2 is 1.65 bits per heavy atom. The number of urea groups is 1. The van der Waals surface area contributed by atoms with Crippen LogP contribution in [0.15, 0.2) is 78.9 Å². The number of anilines is 2. The summed E-state index contributed by atoms with van der Waals surface area (Å²) in [6, 6.07) is 22.4. The van der Waals surface area contributed by atoms with Crippen LogP contribution in [0, 0.1) is 6.92 Å². The highest BCUT2D eigenvalue weighted by Gasteiger charge is 2.13. The summed E-state index contributed by atoms with van der Waals surface area (Å²) in [7, 11) is 0. The SMILES string of the molecule is CCOC(=O)C=C(CC)c1ccc(OCc2ccccc2)c(NC(=O)Nc2ccc(C)cc2)c1. The molecule has 0 aliphatic heterocycles. The van der Waals surface area contributed by atoms with Gasteiger partial charge in [0.1, 0.15) is 12.4 Å². The summed E-state index contributed by atoms with van der Waals surface area (Å²) >= 11 is 0. The van der Waals surface area contributed by atoms with Crippen LogP contribution >= 0.6 is 0 Å². The molecule has 6 heteroatoms. The van der Waals surface area contributed by atoms with E-state index < -0.39 is 12.0 Å². The van der Waals surface area contributed by atoms with Crippen molar-refractivity contribution in [1.82, 2.24) is 0 Å². The first kappa shape index (κ1) is 24.6. The maximum atomic E-state index is 12.7. The van der Waals surface area contributed by atoms with Gasteiger partial charge in [-0.05, 0) is 61.2 Å². The molecule has 0 spiro atoms. The highest BCUT2D eigenvalue weighted by atomic mass is 16.5. The van der Waals surface area contributed by atoms with Gasteiger partial charge >= 0.3 is 12.0 Å². The molecular weight excluding hydrogens is 428 g/mol. The van der Waals surface area contributed by atoms with Crippen molar-refractivity contribution in [3.63, 3.8) is 0 Å². The molecule has 0 saturated heterocycles. The fourth-order valence-corrected chi connectivity index (χ4v) is 3.33. The molecular formula is C28H30N2O4. The number of hydrogen-bond acceptors (Lipinski definition) is 4. The van der Waals surface area contributed by atoms with E-state index >= 15 is 0 Å². The Morgan fingerprint density at radius 3 is 2.32 bits per heavy atom. The van der Waals surface area contributed by atoms with Crippen LogP contribution in [0.2, 0.25) is 0 Å². The molecule has 0 radical (unpaired) electrons. The summed E-state index contributed by atoms with van der Waals surface area (Å²) in [4.78, 5) is 24.7.